The molecular weight excluding hydrogens is 288 g/mol. The van der Waals surface area contributed by atoms with Crippen LogP contribution in [0.2, 0.25) is 0 Å². The molecule has 0 fully saturated rings. The summed E-state index contributed by atoms with van der Waals surface area (Å²) in [5.74, 6) is -1.20. The van der Waals surface area contributed by atoms with Gasteiger partial charge in [0.2, 0.25) is 0 Å². The minimum absolute atomic E-state index is 0.111. The molecule has 0 heterocycles. The lowest BCUT2D eigenvalue weighted by molar-refractivity contribution is -0.132. The Bertz CT molecular complexity index is 514. The maximum atomic E-state index is 10.4. The lowest BCUT2D eigenvalue weighted by atomic mass is 10.2. The zero-order valence-electron chi connectivity index (χ0n) is 9.64. The molecule has 0 aromatic carbocycles. The van der Waals surface area contributed by atoms with E-state index in [9.17, 15) is 21.6 Å². The molecule has 1 atom stereocenters. The van der Waals surface area contributed by atoms with E-state index in [4.69, 9.17) is 14.2 Å². The van der Waals surface area contributed by atoms with E-state index in [0.717, 1.165) is 6.08 Å². The van der Waals surface area contributed by atoms with E-state index in [-0.39, 0.29) is 5.57 Å². The third-order valence-corrected chi connectivity index (χ3v) is 3.00. The highest BCUT2D eigenvalue weighted by atomic mass is 32.2. The molecule has 3 N–H and O–H groups in total. The first kappa shape index (κ1) is 19.1. The van der Waals surface area contributed by atoms with E-state index in [0.29, 0.717) is 5.41 Å². The second kappa shape index (κ2) is 7.26. The van der Waals surface area contributed by atoms with Crippen molar-refractivity contribution in [1.29, 1.82) is 0 Å². The predicted octanol–water partition coefficient (Wildman–Crippen LogP) is 0.311. The summed E-state index contributed by atoms with van der Waals surface area (Å²) in [6, 6.07) is 0. The van der Waals surface area contributed by atoms with Crippen LogP contribution in [0.15, 0.2) is 23.6 Å². The summed E-state index contributed by atoms with van der Waals surface area (Å²) in [7, 11) is -8.07. The first-order valence-corrected chi connectivity index (χ1v) is 7.29. The van der Waals surface area contributed by atoms with Crippen LogP contribution in [0.1, 0.15) is 13.8 Å². The Morgan fingerprint density at radius 2 is 1.56 bits per heavy atom. The molecule has 0 radical (unpaired) electrons. The smallest absolute Gasteiger partial charge is 0.330 e. The molecule has 0 aliphatic carbocycles. The van der Waals surface area contributed by atoms with Crippen molar-refractivity contribution in [3.8, 4) is 0 Å². The molecular formula is C8H14O8S2. The van der Waals surface area contributed by atoms with Gasteiger partial charge in [-0.2, -0.15) is 16.8 Å². The molecule has 106 valence electrons. The molecule has 10 heteroatoms. The topological polar surface area (TPSA) is 146 Å². The summed E-state index contributed by atoms with van der Waals surface area (Å²) < 4.78 is 55.8. The van der Waals surface area contributed by atoms with Crippen LogP contribution in [0.4, 0.5) is 0 Å². The number of aliphatic carboxylic acids is 1. The lowest BCUT2D eigenvalue weighted by Crippen LogP contribution is -2.15. The van der Waals surface area contributed by atoms with E-state index in [2.05, 4.69) is 6.58 Å². The molecule has 0 aliphatic rings. The number of carboxylic acid groups (broad SMARTS) is 1. The Morgan fingerprint density at radius 3 is 1.72 bits per heavy atom. The van der Waals surface area contributed by atoms with Crippen molar-refractivity contribution in [2.75, 3.05) is 0 Å². The fourth-order valence-corrected chi connectivity index (χ4v) is 0.885. The number of rotatable bonds is 4. The van der Waals surface area contributed by atoms with E-state index >= 15 is 0 Å². The first-order valence-electron chi connectivity index (χ1n) is 4.29. The average molecular weight is 302 g/mol. The normalized spacial score (nSPS) is 14.1. The third kappa shape index (κ3) is 11.3. The molecule has 0 bridgehead atoms. The second-order valence-electron chi connectivity index (χ2n) is 3.06. The van der Waals surface area contributed by atoms with Gasteiger partial charge in [-0.1, -0.05) is 12.7 Å². The van der Waals surface area contributed by atoms with Crippen molar-refractivity contribution in [3.63, 3.8) is 0 Å². The number of hydrogen-bond donors (Lipinski definition) is 3. The Labute approximate surface area is 105 Å². The molecule has 0 aromatic heterocycles. The van der Waals surface area contributed by atoms with Crippen LogP contribution in [0, 0.1) is 0 Å². The van der Waals surface area contributed by atoms with Crippen LogP contribution in [-0.2, 0) is 25.0 Å². The highest BCUT2D eigenvalue weighted by Crippen LogP contribution is 2.03. The Kier molecular flexibility index (Phi) is 7.71. The van der Waals surface area contributed by atoms with E-state index in [1.54, 1.807) is 0 Å². The van der Waals surface area contributed by atoms with Gasteiger partial charge in [0.15, 0.2) is 0 Å². The minimum Gasteiger partial charge on any atom is -0.478 e. The molecule has 1 unspecified atom stereocenters. The molecule has 0 spiro atoms. The quantitative estimate of drug-likeness (QED) is 0.496. The summed E-state index contributed by atoms with van der Waals surface area (Å²) in [6.45, 7) is 5.24. The molecule has 0 aromatic rings. The van der Waals surface area contributed by atoms with Crippen LogP contribution in [0.3, 0.4) is 0 Å². The summed E-state index contributed by atoms with van der Waals surface area (Å²) in [5, 5.41) is 7.63. The van der Waals surface area contributed by atoms with Crippen molar-refractivity contribution in [2.45, 2.75) is 19.1 Å². The number of hydrogen-bond acceptors (Lipinski definition) is 5. The van der Waals surface area contributed by atoms with Gasteiger partial charge in [0.1, 0.15) is 5.25 Å². The fourth-order valence-electron chi connectivity index (χ4n) is 0.509. The highest BCUT2D eigenvalue weighted by Gasteiger charge is 2.15. The SMILES string of the molecule is C=CS(=O)(=O)O.CC(=CC(C)S(=O)(=O)O)C(=O)O. The van der Waals surface area contributed by atoms with Crippen LogP contribution in [0.5, 0.6) is 0 Å². The molecule has 0 rings (SSSR count). The molecule has 0 amide bonds. The van der Waals surface area contributed by atoms with Gasteiger partial charge >= 0.3 is 5.97 Å². The third-order valence-electron chi connectivity index (χ3n) is 1.50. The standard InChI is InChI=1S/C6H10O5S.C2H4O3S/c1-4(6(7)8)3-5(2)12(9,10)11;1-2-6(3,4)5/h3,5H,1-2H3,(H,7,8)(H,9,10,11);2H,1H2,(H,3,4,5). The zero-order valence-corrected chi connectivity index (χ0v) is 11.3. The first-order chi connectivity index (χ1) is 7.81. The predicted molar refractivity (Wildman–Crippen MR) is 64.1 cm³/mol. The van der Waals surface area contributed by atoms with Crippen molar-refractivity contribution in [3.05, 3.63) is 23.6 Å². The van der Waals surface area contributed by atoms with E-state index in [1.165, 1.54) is 13.8 Å². The lowest BCUT2D eigenvalue weighted by Gasteiger charge is -2.01. The van der Waals surface area contributed by atoms with Gasteiger partial charge in [-0.25, -0.2) is 4.79 Å². The maximum Gasteiger partial charge on any atom is 0.330 e. The molecule has 8 nitrogen and oxygen atoms in total. The van der Waals surface area contributed by atoms with Crippen molar-refractivity contribution < 1.29 is 35.8 Å². The van der Waals surface area contributed by atoms with Gasteiger partial charge in [-0.3, -0.25) is 9.11 Å². The van der Waals surface area contributed by atoms with Gasteiger partial charge in [-0.05, 0) is 13.8 Å². The van der Waals surface area contributed by atoms with Crippen LogP contribution in [-0.4, -0.2) is 42.3 Å². The molecule has 0 saturated heterocycles. The summed E-state index contributed by atoms with van der Waals surface area (Å²) in [5.41, 5.74) is -0.111. The molecule has 18 heavy (non-hydrogen) atoms. The van der Waals surface area contributed by atoms with Gasteiger partial charge in [0.05, 0.1) is 5.41 Å². The van der Waals surface area contributed by atoms with E-state index < -0.39 is 31.5 Å². The molecule has 0 saturated carbocycles. The van der Waals surface area contributed by atoms with Gasteiger partial charge < -0.3 is 5.11 Å². The Balaban J connectivity index is 0. The Morgan fingerprint density at radius 1 is 1.22 bits per heavy atom. The van der Waals surface area contributed by atoms with Gasteiger partial charge in [-0.15, -0.1) is 0 Å². The monoisotopic (exact) mass is 302 g/mol. The highest BCUT2D eigenvalue weighted by molar-refractivity contribution is 7.88. The summed E-state index contributed by atoms with van der Waals surface area (Å²) in [6.07, 6.45) is 0.970. The molecule has 0 aliphatic heterocycles. The van der Waals surface area contributed by atoms with Crippen LogP contribution < -0.4 is 0 Å². The maximum absolute atomic E-state index is 10.4. The van der Waals surface area contributed by atoms with Crippen molar-refractivity contribution in [2.24, 2.45) is 0 Å². The zero-order chi connectivity index (χ0) is 15.1. The number of carbonyl (C=O) groups is 1. The minimum atomic E-state index is -4.17. The second-order valence-corrected chi connectivity index (χ2v) is 6.19. The van der Waals surface area contributed by atoms with Gasteiger partial charge in [0, 0.05) is 5.57 Å². The fraction of sp³-hybridized carbons (Fsp3) is 0.375. The van der Waals surface area contributed by atoms with Crippen molar-refractivity contribution >= 4 is 26.2 Å². The van der Waals surface area contributed by atoms with Crippen LogP contribution >= 0.6 is 0 Å². The summed E-state index contributed by atoms with van der Waals surface area (Å²) in [4.78, 5) is 10.2. The van der Waals surface area contributed by atoms with Crippen molar-refractivity contribution in [1.82, 2.24) is 0 Å². The van der Waals surface area contributed by atoms with Gasteiger partial charge in [0.25, 0.3) is 20.2 Å². The largest absolute Gasteiger partial charge is 0.478 e. The van der Waals surface area contributed by atoms with E-state index in [1.807, 2.05) is 0 Å². The number of carboxylic acids is 1. The van der Waals surface area contributed by atoms with Crippen LogP contribution in [0.25, 0.3) is 0 Å². The average Bonchev–Trinajstić information content (AvgIpc) is 2.15. The summed E-state index contributed by atoms with van der Waals surface area (Å²) >= 11 is 0. The Hall–Kier alpha value is -1.23.